The SMILES string of the molecule is CNC(CCC(C)OC)Cc1ccc(I)cc1. The third-order valence-electron chi connectivity index (χ3n) is 3.13. The maximum Gasteiger partial charge on any atom is 0.0543 e. The first kappa shape index (κ1) is 14.9. The number of ether oxygens (including phenoxy) is 1. The van der Waals surface area contributed by atoms with E-state index < -0.39 is 0 Å². The second kappa shape index (κ2) is 8.06. The number of benzene rings is 1. The largest absolute Gasteiger partial charge is 0.382 e. The smallest absolute Gasteiger partial charge is 0.0543 e. The summed E-state index contributed by atoms with van der Waals surface area (Å²) in [6.45, 7) is 2.12. The van der Waals surface area contributed by atoms with Gasteiger partial charge < -0.3 is 10.1 Å². The van der Waals surface area contributed by atoms with E-state index >= 15 is 0 Å². The average molecular weight is 347 g/mol. The van der Waals surface area contributed by atoms with Crippen molar-refractivity contribution in [3.05, 3.63) is 33.4 Å². The van der Waals surface area contributed by atoms with Gasteiger partial charge in [0.2, 0.25) is 0 Å². The van der Waals surface area contributed by atoms with Crippen molar-refractivity contribution < 1.29 is 4.74 Å². The molecule has 0 saturated heterocycles. The van der Waals surface area contributed by atoms with Gasteiger partial charge in [-0.2, -0.15) is 0 Å². The third-order valence-corrected chi connectivity index (χ3v) is 3.85. The van der Waals surface area contributed by atoms with Crippen molar-refractivity contribution in [3.63, 3.8) is 0 Å². The summed E-state index contributed by atoms with van der Waals surface area (Å²) in [6, 6.07) is 9.30. The van der Waals surface area contributed by atoms with Gasteiger partial charge in [-0.25, -0.2) is 0 Å². The van der Waals surface area contributed by atoms with Gasteiger partial charge in [0.25, 0.3) is 0 Å². The maximum atomic E-state index is 5.28. The van der Waals surface area contributed by atoms with Crippen LogP contribution < -0.4 is 5.32 Å². The molecule has 2 nitrogen and oxygen atoms in total. The van der Waals surface area contributed by atoms with Crippen molar-refractivity contribution in [3.8, 4) is 0 Å². The first-order valence-electron chi connectivity index (χ1n) is 6.10. The molecule has 0 spiro atoms. The highest BCUT2D eigenvalue weighted by atomic mass is 127. The zero-order chi connectivity index (χ0) is 12.7. The normalized spacial score (nSPS) is 14.6. The Morgan fingerprint density at radius 2 is 1.88 bits per heavy atom. The summed E-state index contributed by atoms with van der Waals surface area (Å²) in [5, 5.41) is 3.39. The van der Waals surface area contributed by atoms with Crippen molar-refractivity contribution in [1.82, 2.24) is 5.32 Å². The highest BCUT2D eigenvalue weighted by Crippen LogP contribution is 2.12. The van der Waals surface area contributed by atoms with E-state index in [0.717, 1.165) is 19.3 Å². The fraction of sp³-hybridized carbons (Fsp3) is 0.571. The van der Waals surface area contributed by atoms with Crippen molar-refractivity contribution in [2.75, 3.05) is 14.2 Å². The molecule has 17 heavy (non-hydrogen) atoms. The summed E-state index contributed by atoms with van der Waals surface area (Å²) in [7, 11) is 3.81. The molecule has 0 fully saturated rings. The molecule has 1 rings (SSSR count). The number of halogens is 1. The summed E-state index contributed by atoms with van der Waals surface area (Å²) >= 11 is 2.34. The topological polar surface area (TPSA) is 21.3 Å². The molecule has 0 aliphatic heterocycles. The Kier molecular flexibility index (Phi) is 7.08. The second-order valence-corrected chi connectivity index (χ2v) is 5.69. The molecule has 1 aromatic rings. The lowest BCUT2D eigenvalue weighted by Crippen LogP contribution is -2.28. The van der Waals surface area contributed by atoms with E-state index in [1.54, 1.807) is 7.11 Å². The van der Waals surface area contributed by atoms with E-state index in [1.165, 1.54) is 9.13 Å². The Bertz CT molecular complexity index is 313. The van der Waals surface area contributed by atoms with E-state index in [0.29, 0.717) is 12.1 Å². The summed E-state index contributed by atoms with van der Waals surface area (Å²) < 4.78 is 6.57. The summed E-state index contributed by atoms with van der Waals surface area (Å²) in [5.41, 5.74) is 1.40. The number of rotatable bonds is 7. The van der Waals surface area contributed by atoms with E-state index in [2.05, 4.69) is 59.1 Å². The van der Waals surface area contributed by atoms with Crippen LogP contribution in [-0.2, 0) is 11.2 Å². The third kappa shape index (κ3) is 5.84. The highest BCUT2D eigenvalue weighted by Gasteiger charge is 2.09. The monoisotopic (exact) mass is 347 g/mol. The van der Waals surface area contributed by atoms with Gasteiger partial charge in [0, 0.05) is 16.7 Å². The minimum absolute atomic E-state index is 0.350. The molecule has 1 N–H and O–H groups in total. The quantitative estimate of drug-likeness (QED) is 0.765. The predicted molar refractivity (Wildman–Crippen MR) is 81.4 cm³/mol. The molecule has 0 aliphatic rings. The predicted octanol–water partition coefficient (Wildman–Crippen LogP) is 3.24. The standard InChI is InChI=1S/C14H22INO/c1-11(17-3)4-9-14(16-2)10-12-5-7-13(15)8-6-12/h5-8,11,14,16H,4,9-10H2,1-3H3. The van der Waals surface area contributed by atoms with Crippen LogP contribution in [0.4, 0.5) is 0 Å². The Balaban J connectivity index is 2.43. The molecule has 2 atom stereocenters. The molecule has 0 aliphatic carbocycles. The number of hydrogen-bond donors (Lipinski definition) is 1. The van der Waals surface area contributed by atoms with Crippen LogP contribution in [0.25, 0.3) is 0 Å². The molecule has 0 saturated carbocycles. The van der Waals surface area contributed by atoms with E-state index in [-0.39, 0.29) is 0 Å². The fourth-order valence-corrected chi connectivity index (χ4v) is 2.17. The van der Waals surface area contributed by atoms with Gasteiger partial charge in [-0.15, -0.1) is 0 Å². The summed E-state index contributed by atoms with van der Waals surface area (Å²) in [4.78, 5) is 0. The van der Waals surface area contributed by atoms with E-state index in [9.17, 15) is 0 Å². The van der Waals surface area contributed by atoms with Crippen LogP contribution in [0.3, 0.4) is 0 Å². The first-order valence-corrected chi connectivity index (χ1v) is 7.18. The summed E-state index contributed by atoms with van der Waals surface area (Å²) in [6.07, 6.45) is 3.69. The Labute approximate surface area is 118 Å². The molecule has 0 amide bonds. The molecule has 0 aromatic heterocycles. The van der Waals surface area contributed by atoms with Gasteiger partial charge in [-0.3, -0.25) is 0 Å². The van der Waals surface area contributed by atoms with Crippen LogP contribution in [0, 0.1) is 3.57 Å². The average Bonchev–Trinajstić information content (AvgIpc) is 2.36. The zero-order valence-corrected chi connectivity index (χ0v) is 13.0. The maximum absolute atomic E-state index is 5.28. The van der Waals surface area contributed by atoms with E-state index in [1.807, 2.05) is 7.05 Å². The van der Waals surface area contributed by atoms with Gasteiger partial charge in [0.15, 0.2) is 0 Å². The van der Waals surface area contributed by atoms with Gasteiger partial charge in [-0.1, -0.05) is 12.1 Å². The summed E-state index contributed by atoms with van der Waals surface area (Å²) in [5.74, 6) is 0. The lowest BCUT2D eigenvalue weighted by molar-refractivity contribution is 0.106. The Hall–Kier alpha value is -0.130. The van der Waals surface area contributed by atoms with Crippen molar-refractivity contribution in [2.24, 2.45) is 0 Å². The number of nitrogens with one attached hydrogen (secondary N) is 1. The van der Waals surface area contributed by atoms with Crippen molar-refractivity contribution >= 4 is 22.6 Å². The fourth-order valence-electron chi connectivity index (χ4n) is 1.81. The molecule has 3 heteroatoms. The number of hydrogen-bond acceptors (Lipinski definition) is 2. The van der Waals surface area contributed by atoms with Gasteiger partial charge in [0.1, 0.15) is 0 Å². The molecule has 2 unspecified atom stereocenters. The van der Waals surface area contributed by atoms with Crippen LogP contribution >= 0.6 is 22.6 Å². The second-order valence-electron chi connectivity index (χ2n) is 4.44. The molecule has 96 valence electrons. The Morgan fingerprint density at radius 1 is 1.24 bits per heavy atom. The van der Waals surface area contributed by atoms with Crippen molar-refractivity contribution in [1.29, 1.82) is 0 Å². The van der Waals surface area contributed by atoms with Crippen molar-refractivity contribution in [2.45, 2.75) is 38.3 Å². The molecule has 1 aromatic carbocycles. The molecular weight excluding hydrogens is 325 g/mol. The van der Waals surface area contributed by atoms with Crippen LogP contribution in [0.2, 0.25) is 0 Å². The van der Waals surface area contributed by atoms with Gasteiger partial charge >= 0.3 is 0 Å². The van der Waals surface area contributed by atoms with Gasteiger partial charge in [-0.05, 0) is 73.5 Å². The molecule has 0 heterocycles. The minimum atomic E-state index is 0.350. The first-order chi connectivity index (χ1) is 8.15. The molecular formula is C14H22INO. The highest BCUT2D eigenvalue weighted by molar-refractivity contribution is 14.1. The lowest BCUT2D eigenvalue weighted by Gasteiger charge is -2.18. The van der Waals surface area contributed by atoms with Crippen LogP contribution in [0.15, 0.2) is 24.3 Å². The van der Waals surface area contributed by atoms with E-state index in [4.69, 9.17) is 4.74 Å². The molecule has 0 bridgehead atoms. The van der Waals surface area contributed by atoms with Crippen LogP contribution in [0.1, 0.15) is 25.3 Å². The zero-order valence-electron chi connectivity index (χ0n) is 10.9. The van der Waals surface area contributed by atoms with Crippen LogP contribution in [-0.4, -0.2) is 26.3 Å². The molecule has 0 radical (unpaired) electrons. The lowest BCUT2D eigenvalue weighted by atomic mass is 10.0. The number of likely N-dealkylation sites (N-methyl/N-ethyl adjacent to an activating group) is 1. The number of methoxy groups -OCH3 is 1. The van der Waals surface area contributed by atoms with Gasteiger partial charge in [0.05, 0.1) is 6.10 Å². The van der Waals surface area contributed by atoms with Crippen LogP contribution in [0.5, 0.6) is 0 Å². The Morgan fingerprint density at radius 3 is 2.41 bits per heavy atom. The minimum Gasteiger partial charge on any atom is -0.382 e.